The van der Waals surface area contributed by atoms with Crippen molar-refractivity contribution in [1.82, 2.24) is 9.78 Å². The number of aliphatic hydroxyl groups is 1. The molecule has 1 heterocycles. The summed E-state index contributed by atoms with van der Waals surface area (Å²) in [5.74, 6) is 0.125. The molecule has 0 spiro atoms. The summed E-state index contributed by atoms with van der Waals surface area (Å²) in [5.41, 5.74) is 7.53. The molecular formula is C11H21N3O. The first-order chi connectivity index (χ1) is 7.13. The molecule has 0 aliphatic carbocycles. The number of aliphatic hydroxyl groups excluding tert-OH is 1. The second kappa shape index (κ2) is 5.28. The maximum absolute atomic E-state index is 10.2. The standard InChI is InChI=1S/C11H21N3O/c1-4-8(6-12)11(15)9-7-14(3)13-10(9)5-2/h7-8,11,15H,4-6,12H2,1-3H3. The smallest absolute Gasteiger partial charge is 0.0863 e. The van der Waals surface area contributed by atoms with Crippen molar-refractivity contribution in [3.8, 4) is 0 Å². The van der Waals surface area contributed by atoms with E-state index in [1.54, 1.807) is 4.68 Å². The van der Waals surface area contributed by atoms with Crippen molar-refractivity contribution in [2.45, 2.75) is 32.8 Å². The average Bonchev–Trinajstić information content (AvgIpc) is 2.61. The molecule has 1 rings (SSSR count). The molecule has 4 nitrogen and oxygen atoms in total. The summed E-state index contributed by atoms with van der Waals surface area (Å²) < 4.78 is 1.75. The number of nitrogens with two attached hydrogens (primary N) is 1. The van der Waals surface area contributed by atoms with Gasteiger partial charge < -0.3 is 10.8 Å². The molecule has 0 radical (unpaired) electrons. The molecular weight excluding hydrogens is 190 g/mol. The molecule has 3 N–H and O–H groups in total. The van der Waals surface area contributed by atoms with Gasteiger partial charge in [0.05, 0.1) is 11.8 Å². The topological polar surface area (TPSA) is 64.1 Å². The second-order valence-electron chi connectivity index (χ2n) is 3.91. The third kappa shape index (κ3) is 2.58. The van der Waals surface area contributed by atoms with Crippen molar-refractivity contribution in [3.63, 3.8) is 0 Å². The van der Waals surface area contributed by atoms with Gasteiger partial charge in [0, 0.05) is 24.7 Å². The monoisotopic (exact) mass is 211 g/mol. The molecule has 4 heteroatoms. The minimum absolute atomic E-state index is 0.125. The summed E-state index contributed by atoms with van der Waals surface area (Å²) >= 11 is 0. The molecule has 2 unspecified atom stereocenters. The van der Waals surface area contributed by atoms with Crippen molar-refractivity contribution >= 4 is 0 Å². The average molecular weight is 211 g/mol. The van der Waals surface area contributed by atoms with Crippen molar-refractivity contribution in [2.24, 2.45) is 18.7 Å². The Morgan fingerprint density at radius 1 is 1.53 bits per heavy atom. The number of aryl methyl sites for hydroxylation is 2. The second-order valence-corrected chi connectivity index (χ2v) is 3.91. The first-order valence-electron chi connectivity index (χ1n) is 5.54. The summed E-state index contributed by atoms with van der Waals surface area (Å²) in [6.07, 6.45) is 3.13. The van der Waals surface area contributed by atoms with E-state index in [4.69, 9.17) is 5.73 Å². The zero-order valence-corrected chi connectivity index (χ0v) is 9.77. The van der Waals surface area contributed by atoms with Gasteiger partial charge in [0.15, 0.2) is 0 Å². The van der Waals surface area contributed by atoms with Gasteiger partial charge in [-0.1, -0.05) is 13.8 Å². The predicted molar refractivity (Wildman–Crippen MR) is 60.4 cm³/mol. The van der Waals surface area contributed by atoms with Crippen LogP contribution in [-0.2, 0) is 13.5 Å². The highest BCUT2D eigenvalue weighted by atomic mass is 16.3. The minimum Gasteiger partial charge on any atom is -0.388 e. The van der Waals surface area contributed by atoms with E-state index in [2.05, 4.69) is 5.10 Å². The molecule has 0 aliphatic heterocycles. The molecule has 86 valence electrons. The highest BCUT2D eigenvalue weighted by Gasteiger charge is 2.22. The van der Waals surface area contributed by atoms with Crippen molar-refractivity contribution < 1.29 is 5.11 Å². The van der Waals surface area contributed by atoms with E-state index in [-0.39, 0.29) is 5.92 Å². The van der Waals surface area contributed by atoms with Crippen LogP contribution in [0.4, 0.5) is 0 Å². The molecule has 15 heavy (non-hydrogen) atoms. The van der Waals surface area contributed by atoms with Crippen LogP contribution >= 0.6 is 0 Å². The lowest BCUT2D eigenvalue weighted by Gasteiger charge is -2.19. The molecule has 0 amide bonds. The van der Waals surface area contributed by atoms with Gasteiger partial charge in [-0.2, -0.15) is 5.10 Å². The normalized spacial score (nSPS) is 15.3. The van der Waals surface area contributed by atoms with Crippen LogP contribution in [0.3, 0.4) is 0 Å². The first-order valence-corrected chi connectivity index (χ1v) is 5.54. The van der Waals surface area contributed by atoms with Gasteiger partial charge in [0.2, 0.25) is 0 Å². The fraction of sp³-hybridized carbons (Fsp3) is 0.727. The molecule has 0 saturated carbocycles. The summed E-state index contributed by atoms with van der Waals surface area (Å²) in [4.78, 5) is 0. The fourth-order valence-electron chi connectivity index (χ4n) is 1.85. The lowest BCUT2D eigenvalue weighted by molar-refractivity contribution is 0.109. The Morgan fingerprint density at radius 3 is 2.67 bits per heavy atom. The van der Waals surface area contributed by atoms with Crippen LogP contribution in [0.25, 0.3) is 0 Å². The summed E-state index contributed by atoms with van der Waals surface area (Å²) in [6.45, 7) is 4.60. The van der Waals surface area contributed by atoms with Crippen molar-refractivity contribution in [3.05, 3.63) is 17.5 Å². The van der Waals surface area contributed by atoms with Gasteiger partial charge in [-0.05, 0) is 19.4 Å². The number of nitrogens with zero attached hydrogens (tertiary/aromatic N) is 2. The quantitative estimate of drug-likeness (QED) is 0.763. The third-order valence-corrected chi connectivity index (χ3v) is 2.86. The van der Waals surface area contributed by atoms with E-state index < -0.39 is 6.10 Å². The van der Waals surface area contributed by atoms with Crippen LogP contribution in [0.5, 0.6) is 0 Å². The molecule has 0 fully saturated rings. The van der Waals surface area contributed by atoms with E-state index in [1.165, 1.54) is 0 Å². The lowest BCUT2D eigenvalue weighted by atomic mass is 9.93. The fourth-order valence-corrected chi connectivity index (χ4v) is 1.85. The van der Waals surface area contributed by atoms with Gasteiger partial charge in [-0.15, -0.1) is 0 Å². The molecule has 1 aromatic rings. The Labute approximate surface area is 91.1 Å². The highest BCUT2D eigenvalue weighted by Crippen LogP contribution is 2.26. The molecule has 1 aromatic heterocycles. The zero-order chi connectivity index (χ0) is 11.4. The molecule has 0 aliphatic rings. The number of aromatic nitrogens is 2. The van der Waals surface area contributed by atoms with Gasteiger partial charge >= 0.3 is 0 Å². The predicted octanol–water partition coefficient (Wildman–Crippen LogP) is 1.00. The van der Waals surface area contributed by atoms with Crippen molar-refractivity contribution in [2.75, 3.05) is 6.54 Å². The number of hydrogen-bond donors (Lipinski definition) is 2. The summed E-state index contributed by atoms with van der Waals surface area (Å²) in [7, 11) is 1.87. The molecule has 0 saturated heterocycles. The SMILES string of the molecule is CCc1nn(C)cc1C(O)C(CC)CN. The maximum Gasteiger partial charge on any atom is 0.0863 e. The number of rotatable bonds is 5. The van der Waals surface area contributed by atoms with Gasteiger partial charge in [0.1, 0.15) is 0 Å². The lowest BCUT2D eigenvalue weighted by Crippen LogP contribution is -2.21. The molecule has 0 aromatic carbocycles. The Bertz CT molecular complexity index is 305. The maximum atomic E-state index is 10.2. The van der Waals surface area contributed by atoms with Gasteiger partial charge in [-0.25, -0.2) is 0 Å². The van der Waals surface area contributed by atoms with Crippen molar-refractivity contribution in [1.29, 1.82) is 0 Å². The molecule has 2 atom stereocenters. The van der Waals surface area contributed by atoms with Gasteiger partial charge in [0.25, 0.3) is 0 Å². The summed E-state index contributed by atoms with van der Waals surface area (Å²) in [6, 6.07) is 0. The van der Waals surface area contributed by atoms with Crippen LogP contribution in [-0.4, -0.2) is 21.4 Å². The largest absolute Gasteiger partial charge is 0.388 e. The van der Waals surface area contributed by atoms with Crippen LogP contribution in [0, 0.1) is 5.92 Å². The van der Waals surface area contributed by atoms with E-state index in [0.717, 1.165) is 24.1 Å². The first kappa shape index (κ1) is 12.2. The summed E-state index contributed by atoms with van der Waals surface area (Å²) in [5, 5.41) is 14.5. The Balaban J connectivity index is 2.93. The van der Waals surface area contributed by atoms with E-state index in [1.807, 2.05) is 27.1 Å². The van der Waals surface area contributed by atoms with E-state index >= 15 is 0 Å². The Morgan fingerprint density at radius 2 is 2.20 bits per heavy atom. The van der Waals surface area contributed by atoms with Gasteiger partial charge in [-0.3, -0.25) is 4.68 Å². The number of hydrogen-bond acceptors (Lipinski definition) is 3. The third-order valence-electron chi connectivity index (χ3n) is 2.86. The highest BCUT2D eigenvalue weighted by molar-refractivity contribution is 5.20. The van der Waals surface area contributed by atoms with E-state index in [9.17, 15) is 5.11 Å². The minimum atomic E-state index is -0.483. The van der Waals surface area contributed by atoms with Crippen LogP contribution in [0.1, 0.15) is 37.6 Å². The van der Waals surface area contributed by atoms with Crippen LogP contribution < -0.4 is 5.73 Å². The zero-order valence-electron chi connectivity index (χ0n) is 9.77. The Kier molecular flexibility index (Phi) is 4.29. The Hall–Kier alpha value is -0.870. The molecule has 0 bridgehead atoms. The van der Waals surface area contributed by atoms with E-state index in [0.29, 0.717) is 6.54 Å². The van der Waals surface area contributed by atoms with Crippen LogP contribution in [0.15, 0.2) is 6.20 Å². The van der Waals surface area contributed by atoms with Crippen LogP contribution in [0.2, 0.25) is 0 Å².